The lowest BCUT2D eigenvalue weighted by Gasteiger charge is -2.37. The molecule has 1 aliphatic heterocycles. The smallest absolute Gasteiger partial charge is 0.206 e. The number of rotatable bonds is 5. The maximum Gasteiger partial charge on any atom is 0.306 e. The number of hydrogen-bond donors (Lipinski definition) is 0. The molecule has 0 N–H and O–H groups in total. The summed E-state index contributed by atoms with van der Waals surface area (Å²) in [5.74, 6) is -3.11. The van der Waals surface area contributed by atoms with Gasteiger partial charge in [0.15, 0.2) is 0 Å². The average molecular weight is 417 g/mol. The Hall–Kier alpha value is -1.17. The van der Waals surface area contributed by atoms with E-state index in [1.165, 1.54) is 37.4 Å². The average Bonchev–Trinajstić information content (AvgIpc) is 2.68. The second-order valence-corrected chi connectivity index (χ2v) is 12.1. The van der Waals surface area contributed by atoms with E-state index in [0.717, 1.165) is 43.7 Å². The van der Waals surface area contributed by atoms with E-state index < -0.39 is 37.9 Å². The molecule has 1 saturated heterocycles. The lowest BCUT2D eigenvalue weighted by Crippen LogP contribution is -2.28. The molecule has 6 heteroatoms. The van der Waals surface area contributed by atoms with E-state index in [2.05, 4.69) is 6.92 Å². The zero-order valence-electron chi connectivity index (χ0n) is 16.4. The van der Waals surface area contributed by atoms with E-state index in [-0.39, 0.29) is 5.92 Å². The van der Waals surface area contributed by atoms with E-state index in [4.69, 9.17) is 0 Å². The minimum absolute atomic E-state index is 0.0161. The third-order valence-corrected chi connectivity index (χ3v) is 10.6. The summed E-state index contributed by atoms with van der Waals surface area (Å²) >= 11 is 0. The summed E-state index contributed by atoms with van der Waals surface area (Å²) in [5.41, 5.74) is -0.797. The SMILES string of the molecule is CCC[SiH]1CCC(C2CCC(c3cc(F)c(C(F)=C(F)F)c(F)c3)CC2)CC1. The van der Waals surface area contributed by atoms with Crippen molar-refractivity contribution in [3.63, 3.8) is 0 Å². The molecule has 0 atom stereocenters. The molecule has 0 radical (unpaired) electrons. The van der Waals surface area contributed by atoms with Crippen molar-refractivity contribution < 1.29 is 22.0 Å². The van der Waals surface area contributed by atoms with Gasteiger partial charge >= 0.3 is 6.08 Å². The monoisotopic (exact) mass is 416 g/mol. The van der Waals surface area contributed by atoms with Gasteiger partial charge < -0.3 is 0 Å². The number of halogens is 5. The Morgan fingerprint density at radius 2 is 1.43 bits per heavy atom. The van der Waals surface area contributed by atoms with Gasteiger partial charge in [0.2, 0.25) is 5.83 Å². The standard InChI is InChI=1S/C22H29F5Si/c1-2-9-28-10-7-16(8-11-28)14-3-5-15(6-4-14)17-12-18(23)20(19(24)13-17)21(25)22(26)27/h12-16,28H,2-11H2,1H3. The van der Waals surface area contributed by atoms with Crippen LogP contribution in [0.3, 0.4) is 0 Å². The van der Waals surface area contributed by atoms with Gasteiger partial charge in [-0.25, -0.2) is 13.2 Å². The first-order valence-electron chi connectivity index (χ1n) is 10.6. The van der Waals surface area contributed by atoms with Gasteiger partial charge in [0, 0.05) is 8.80 Å². The minimum Gasteiger partial charge on any atom is -0.206 e. The molecule has 0 unspecified atom stereocenters. The highest BCUT2D eigenvalue weighted by atomic mass is 28.3. The second-order valence-electron chi connectivity index (χ2n) is 8.62. The topological polar surface area (TPSA) is 0 Å². The van der Waals surface area contributed by atoms with Crippen LogP contribution in [0.4, 0.5) is 22.0 Å². The Kier molecular flexibility index (Phi) is 7.34. The van der Waals surface area contributed by atoms with Crippen LogP contribution in [0.5, 0.6) is 0 Å². The van der Waals surface area contributed by atoms with E-state index in [1.807, 2.05) is 0 Å². The Labute approximate surface area is 165 Å². The van der Waals surface area contributed by atoms with Gasteiger partial charge in [-0.2, -0.15) is 8.78 Å². The predicted octanol–water partition coefficient (Wildman–Crippen LogP) is 7.82. The minimum atomic E-state index is -2.71. The van der Waals surface area contributed by atoms with Crippen LogP contribution < -0.4 is 0 Å². The van der Waals surface area contributed by atoms with Gasteiger partial charge in [0.1, 0.15) is 11.6 Å². The van der Waals surface area contributed by atoms with Crippen molar-refractivity contribution in [3.8, 4) is 0 Å². The van der Waals surface area contributed by atoms with Gasteiger partial charge in [0.25, 0.3) is 0 Å². The van der Waals surface area contributed by atoms with Gasteiger partial charge in [-0.05, 0) is 61.1 Å². The molecule has 0 bridgehead atoms. The normalized spacial score (nSPS) is 28.2. The fourth-order valence-corrected chi connectivity index (χ4v) is 8.89. The van der Waals surface area contributed by atoms with Crippen molar-refractivity contribution >= 4 is 14.6 Å². The Morgan fingerprint density at radius 1 is 0.893 bits per heavy atom. The highest BCUT2D eigenvalue weighted by molar-refractivity contribution is 6.58. The molecule has 2 fully saturated rings. The fraction of sp³-hybridized carbons (Fsp3) is 0.636. The van der Waals surface area contributed by atoms with Crippen LogP contribution in [0.15, 0.2) is 18.2 Å². The molecule has 1 aromatic rings. The van der Waals surface area contributed by atoms with E-state index in [9.17, 15) is 22.0 Å². The molecule has 28 heavy (non-hydrogen) atoms. The highest BCUT2D eigenvalue weighted by Crippen LogP contribution is 2.44. The van der Waals surface area contributed by atoms with Crippen molar-refractivity contribution in [2.75, 3.05) is 0 Å². The summed E-state index contributed by atoms with van der Waals surface area (Å²) in [6.45, 7) is 2.28. The number of benzene rings is 1. The number of hydrogen-bond acceptors (Lipinski definition) is 0. The van der Waals surface area contributed by atoms with Crippen LogP contribution in [0.25, 0.3) is 5.83 Å². The molecule has 3 rings (SSSR count). The van der Waals surface area contributed by atoms with Crippen LogP contribution in [0, 0.1) is 23.5 Å². The molecule has 156 valence electrons. The molecule has 1 aromatic carbocycles. The van der Waals surface area contributed by atoms with Crippen LogP contribution in [-0.2, 0) is 0 Å². The molecule has 0 aromatic heterocycles. The van der Waals surface area contributed by atoms with Gasteiger partial charge in [0.05, 0.1) is 5.56 Å². The molecule has 1 saturated carbocycles. The summed E-state index contributed by atoms with van der Waals surface area (Å²) in [6.07, 6.45) is 5.12. The fourth-order valence-electron chi connectivity index (χ4n) is 5.41. The lowest BCUT2D eigenvalue weighted by atomic mass is 9.72. The molecule has 0 spiro atoms. The van der Waals surface area contributed by atoms with Gasteiger partial charge in [-0.15, -0.1) is 0 Å². The van der Waals surface area contributed by atoms with Crippen molar-refractivity contribution in [3.05, 3.63) is 41.0 Å². The Balaban J connectivity index is 1.60. The van der Waals surface area contributed by atoms with Crippen molar-refractivity contribution in [2.45, 2.75) is 75.9 Å². The summed E-state index contributed by atoms with van der Waals surface area (Å²) < 4.78 is 66.3. The molecule has 2 aliphatic rings. The summed E-state index contributed by atoms with van der Waals surface area (Å²) in [4.78, 5) is 0. The Morgan fingerprint density at radius 3 is 1.93 bits per heavy atom. The van der Waals surface area contributed by atoms with Gasteiger partial charge in [-0.1, -0.05) is 44.3 Å². The van der Waals surface area contributed by atoms with Crippen molar-refractivity contribution in [1.82, 2.24) is 0 Å². The largest absolute Gasteiger partial charge is 0.306 e. The highest BCUT2D eigenvalue weighted by Gasteiger charge is 2.32. The molecule has 1 heterocycles. The van der Waals surface area contributed by atoms with E-state index in [1.54, 1.807) is 0 Å². The van der Waals surface area contributed by atoms with Crippen LogP contribution in [-0.4, -0.2) is 8.80 Å². The third-order valence-electron chi connectivity index (χ3n) is 6.95. The van der Waals surface area contributed by atoms with E-state index in [0.29, 0.717) is 11.5 Å². The summed E-state index contributed by atoms with van der Waals surface area (Å²) in [6, 6.07) is 6.46. The van der Waals surface area contributed by atoms with Crippen molar-refractivity contribution in [2.24, 2.45) is 11.8 Å². The quantitative estimate of drug-likeness (QED) is 0.339. The molecule has 0 nitrogen and oxygen atoms in total. The molecule has 0 amide bonds. The zero-order chi connectivity index (χ0) is 20.3. The molecule has 1 aliphatic carbocycles. The van der Waals surface area contributed by atoms with Crippen LogP contribution in [0.2, 0.25) is 18.1 Å². The maximum atomic E-state index is 14.1. The lowest BCUT2D eigenvalue weighted by molar-refractivity contribution is 0.216. The second kappa shape index (κ2) is 9.55. The first-order valence-corrected chi connectivity index (χ1v) is 13.1. The van der Waals surface area contributed by atoms with Crippen LogP contribution >= 0.6 is 0 Å². The summed E-state index contributed by atoms with van der Waals surface area (Å²) in [5, 5.41) is 0. The van der Waals surface area contributed by atoms with Crippen LogP contribution in [0.1, 0.15) is 68.9 Å². The summed E-state index contributed by atoms with van der Waals surface area (Å²) in [7, 11) is -0.484. The third kappa shape index (κ3) is 4.86. The zero-order valence-corrected chi connectivity index (χ0v) is 17.6. The predicted molar refractivity (Wildman–Crippen MR) is 106 cm³/mol. The molecular weight excluding hydrogens is 387 g/mol. The van der Waals surface area contributed by atoms with E-state index >= 15 is 0 Å². The maximum absolute atomic E-state index is 14.1. The van der Waals surface area contributed by atoms with Crippen molar-refractivity contribution in [1.29, 1.82) is 0 Å². The van der Waals surface area contributed by atoms with Gasteiger partial charge in [-0.3, -0.25) is 0 Å². The Bertz CT molecular complexity index is 674. The first-order chi connectivity index (χ1) is 13.4. The first kappa shape index (κ1) is 21.5. The molecular formula is C22H29F5Si.